The van der Waals surface area contributed by atoms with E-state index in [1.54, 1.807) is 11.3 Å². The van der Waals surface area contributed by atoms with Gasteiger partial charge in [-0.05, 0) is 0 Å². The third kappa shape index (κ3) is 4.76. The molecule has 0 atom stereocenters. The largest absolute Gasteiger partial charge is 0.388 e. The van der Waals surface area contributed by atoms with Crippen molar-refractivity contribution in [2.45, 2.75) is 51.0 Å². The number of amides is 1. The molecule has 0 aromatic carbocycles. The molecule has 0 saturated carbocycles. The van der Waals surface area contributed by atoms with Crippen LogP contribution in [0.3, 0.4) is 0 Å². The van der Waals surface area contributed by atoms with E-state index in [9.17, 15) is 9.90 Å². The number of nitrogens with zero attached hydrogens (tertiary/aromatic N) is 1. The van der Waals surface area contributed by atoms with Gasteiger partial charge in [0, 0.05) is 43.4 Å². The lowest BCUT2D eigenvalue weighted by atomic mass is 9.94. The number of hydrogen-bond donors (Lipinski definition) is 2. The highest BCUT2D eigenvalue weighted by molar-refractivity contribution is 7.09. The van der Waals surface area contributed by atoms with Gasteiger partial charge in [-0.15, -0.1) is 11.3 Å². The Labute approximate surface area is 129 Å². The second-order valence-electron chi connectivity index (χ2n) is 6.68. The molecule has 1 amide bonds. The van der Waals surface area contributed by atoms with E-state index in [2.05, 4.69) is 31.1 Å². The van der Waals surface area contributed by atoms with Gasteiger partial charge in [-0.25, -0.2) is 4.98 Å². The summed E-state index contributed by atoms with van der Waals surface area (Å²) >= 11 is 1.59. The molecule has 1 aromatic rings. The topological polar surface area (TPSA) is 71.5 Å². The van der Waals surface area contributed by atoms with Crippen molar-refractivity contribution in [3.05, 3.63) is 16.1 Å². The van der Waals surface area contributed by atoms with Crippen molar-refractivity contribution < 1.29 is 14.6 Å². The summed E-state index contributed by atoms with van der Waals surface area (Å²) in [6.07, 6.45) is 1.40. The summed E-state index contributed by atoms with van der Waals surface area (Å²) in [4.78, 5) is 16.5. The van der Waals surface area contributed by atoms with E-state index in [0.717, 1.165) is 10.7 Å². The highest BCUT2D eigenvalue weighted by Crippen LogP contribution is 2.25. The van der Waals surface area contributed by atoms with Gasteiger partial charge in [-0.2, -0.15) is 0 Å². The fraction of sp³-hybridized carbons (Fsp3) is 0.733. The normalized spacial score (nSPS) is 18.5. The number of thiazole rings is 1. The van der Waals surface area contributed by atoms with Gasteiger partial charge >= 0.3 is 0 Å². The van der Waals surface area contributed by atoms with Crippen LogP contribution < -0.4 is 5.32 Å². The molecule has 1 aliphatic heterocycles. The molecule has 118 valence electrons. The minimum absolute atomic E-state index is 0.0106. The summed E-state index contributed by atoms with van der Waals surface area (Å²) in [6, 6.07) is 0. The first-order chi connectivity index (χ1) is 9.78. The predicted octanol–water partition coefficient (Wildman–Crippen LogP) is 1.64. The maximum absolute atomic E-state index is 12.0. The average Bonchev–Trinajstić information content (AvgIpc) is 2.86. The van der Waals surface area contributed by atoms with Crippen molar-refractivity contribution in [3.8, 4) is 0 Å². The van der Waals surface area contributed by atoms with E-state index in [1.165, 1.54) is 0 Å². The van der Waals surface area contributed by atoms with Crippen LogP contribution in [0.15, 0.2) is 5.38 Å². The van der Waals surface area contributed by atoms with Gasteiger partial charge < -0.3 is 15.2 Å². The van der Waals surface area contributed by atoms with Gasteiger partial charge in [-0.3, -0.25) is 4.79 Å². The Kier molecular flexibility index (Phi) is 5.01. The van der Waals surface area contributed by atoms with E-state index in [1.807, 2.05) is 5.38 Å². The number of aromatic nitrogens is 1. The number of aliphatic hydroxyl groups is 1. The Morgan fingerprint density at radius 2 is 2.14 bits per heavy atom. The Balaban J connectivity index is 1.83. The molecule has 5 nitrogen and oxygen atoms in total. The van der Waals surface area contributed by atoms with Crippen molar-refractivity contribution in [2.24, 2.45) is 0 Å². The minimum atomic E-state index is -0.827. The Hall–Kier alpha value is -0.980. The maximum atomic E-state index is 12.0. The van der Waals surface area contributed by atoms with Crippen LogP contribution in [-0.2, 0) is 21.4 Å². The molecule has 21 heavy (non-hydrogen) atoms. The average molecular weight is 312 g/mol. The number of hydrogen-bond acceptors (Lipinski definition) is 5. The number of carbonyl (C=O) groups is 1. The van der Waals surface area contributed by atoms with E-state index in [-0.39, 0.29) is 24.3 Å². The lowest BCUT2D eigenvalue weighted by Crippen LogP contribution is -2.47. The first-order valence-corrected chi connectivity index (χ1v) is 8.18. The zero-order chi connectivity index (χ0) is 15.5. The van der Waals surface area contributed by atoms with Crippen molar-refractivity contribution >= 4 is 17.2 Å². The number of nitrogens with one attached hydrogen (secondary N) is 1. The molecule has 0 radical (unpaired) electrons. The first kappa shape index (κ1) is 16.4. The smallest absolute Gasteiger partial charge is 0.226 e. The molecule has 2 N–H and O–H groups in total. The van der Waals surface area contributed by atoms with Gasteiger partial charge in [0.2, 0.25) is 5.91 Å². The quantitative estimate of drug-likeness (QED) is 0.886. The zero-order valence-corrected chi connectivity index (χ0v) is 13.8. The fourth-order valence-electron chi connectivity index (χ4n) is 2.15. The molecule has 1 aliphatic rings. The zero-order valence-electron chi connectivity index (χ0n) is 12.9. The molecule has 0 aliphatic carbocycles. The van der Waals surface area contributed by atoms with Crippen LogP contribution in [0.2, 0.25) is 0 Å². The lowest BCUT2D eigenvalue weighted by Gasteiger charge is -2.32. The molecule has 1 fully saturated rings. The SMILES string of the molecule is CC(C)(C)c1nc(CC(=O)NCC2(O)CCOCC2)cs1. The molecule has 2 heterocycles. The molecule has 6 heteroatoms. The van der Waals surface area contributed by atoms with Crippen LogP contribution in [-0.4, -0.2) is 41.4 Å². The molecule has 0 bridgehead atoms. The van der Waals surface area contributed by atoms with E-state index < -0.39 is 5.60 Å². The number of ether oxygens (including phenoxy) is 1. The van der Waals surface area contributed by atoms with Crippen LogP contribution in [0.25, 0.3) is 0 Å². The first-order valence-electron chi connectivity index (χ1n) is 7.30. The molecule has 0 unspecified atom stereocenters. The van der Waals surface area contributed by atoms with Crippen molar-refractivity contribution in [1.82, 2.24) is 10.3 Å². The number of carbonyl (C=O) groups excluding carboxylic acids is 1. The summed E-state index contributed by atoms with van der Waals surface area (Å²) in [7, 11) is 0. The highest BCUT2D eigenvalue weighted by Gasteiger charge is 2.30. The minimum Gasteiger partial charge on any atom is -0.388 e. The lowest BCUT2D eigenvalue weighted by molar-refractivity contribution is -0.123. The van der Waals surface area contributed by atoms with E-state index in [4.69, 9.17) is 4.74 Å². The van der Waals surface area contributed by atoms with Crippen molar-refractivity contribution in [3.63, 3.8) is 0 Å². The predicted molar refractivity (Wildman–Crippen MR) is 82.5 cm³/mol. The Morgan fingerprint density at radius 1 is 1.48 bits per heavy atom. The highest BCUT2D eigenvalue weighted by atomic mass is 32.1. The monoisotopic (exact) mass is 312 g/mol. The van der Waals surface area contributed by atoms with Crippen LogP contribution in [0.5, 0.6) is 0 Å². The van der Waals surface area contributed by atoms with Gasteiger partial charge in [0.05, 0.1) is 22.7 Å². The second-order valence-corrected chi connectivity index (χ2v) is 7.54. The van der Waals surface area contributed by atoms with Gasteiger partial charge in [0.15, 0.2) is 0 Å². The summed E-state index contributed by atoms with van der Waals surface area (Å²) in [5.74, 6) is -0.0966. The Morgan fingerprint density at radius 3 is 2.71 bits per heavy atom. The van der Waals surface area contributed by atoms with Crippen LogP contribution in [0.4, 0.5) is 0 Å². The fourth-order valence-corrected chi connectivity index (χ4v) is 3.06. The molecule has 1 aromatic heterocycles. The molecule has 1 saturated heterocycles. The van der Waals surface area contributed by atoms with Crippen LogP contribution in [0.1, 0.15) is 44.3 Å². The molecular weight excluding hydrogens is 288 g/mol. The molecule has 0 spiro atoms. The van der Waals surface area contributed by atoms with Gasteiger partial charge in [0.25, 0.3) is 0 Å². The summed E-state index contributed by atoms with van der Waals surface area (Å²) in [5, 5.41) is 16.1. The Bertz CT molecular complexity index is 487. The maximum Gasteiger partial charge on any atom is 0.226 e. The summed E-state index contributed by atoms with van der Waals surface area (Å²) in [5.41, 5.74) is -0.0233. The standard InChI is InChI=1S/C15H24N2O3S/c1-14(2,3)13-17-11(9-21-13)8-12(18)16-10-15(19)4-6-20-7-5-15/h9,19H,4-8,10H2,1-3H3,(H,16,18). The second kappa shape index (κ2) is 6.42. The van der Waals surface area contributed by atoms with Gasteiger partial charge in [0.1, 0.15) is 0 Å². The van der Waals surface area contributed by atoms with Gasteiger partial charge in [-0.1, -0.05) is 20.8 Å². The molecular formula is C15H24N2O3S. The van der Waals surface area contributed by atoms with Crippen LogP contribution >= 0.6 is 11.3 Å². The summed E-state index contributed by atoms with van der Waals surface area (Å²) in [6.45, 7) is 7.70. The van der Waals surface area contributed by atoms with E-state index >= 15 is 0 Å². The van der Waals surface area contributed by atoms with Crippen molar-refractivity contribution in [2.75, 3.05) is 19.8 Å². The van der Waals surface area contributed by atoms with Crippen LogP contribution in [0, 0.1) is 0 Å². The third-order valence-corrected chi connectivity index (χ3v) is 4.89. The molecule has 2 rings (SSSR count). The van der Waals surface area contributed by atoms with E-state index in [0.29, 0.717) is 26.1 Å². The third-order valence-electron chi connectivity index (χ3n) is 3.57. The number of rotatable bonds is 4. The van der Waals surface area contributed by atoms with Crippen molar-refractivity contribution in [1.29, 1.82) is 0 Å². The summed E-state index contributed by atoms with van der Waals surface area (Å²) < 4.78 is 5.22.